The van der Waals surface area contributed by atoms with Gasteiger partial charge in [0, 0.05) is 18.0 Å². The standard InChI is InChI=1S/C17H27NO/c1-4-5-6-7-9-18-16-8-10-19-17-14(3)11-13(2)12-15(16)17/h11-12,16,18H,4-10H2,1-3H3. The van der Waals surface area contributed by atoms with E-state index in [4.69, 9.17) is 4.74 Å². The van der Waals surface area contributed by atoms with Gasteiger partial charge in [0.25, 0.3) is 0 Å². The van der Waals surface area contributed by atoms with E-state index in [9.17, 15) is 0 Å². The van der Waals surface area contributed by atoms with Crippen LogP contribution in [0.1, 0.15) is 61.8 Å². The van der Waals surface area contributed by atoms with E-state index < -0.39 is 0 Å². The van der Waals surface area contributed by atoms with E-state index in [2.05, 4.69) is 38.2 Å². The molecule has 1 aliphatic rings. The monoisotopic (exact) mass is 261 g/mol. The Kier molecular flexibility index (Phi) is 5.26. The zero-order valence-corrected chi connectivity index (χ0v) is 12.6. The maximum atomic E-state index is 5.84. The van der Waals surface area contributed by atoms with Gasteiger partial charge in [-0.15, -0.1) is 0 Å². The molecule has 0 radical (unpaired) electrons. The Bertz CT molecular complexity index is 414. The highest BCUT2D eigenvalue weighted by Crippen LogP contribution is 2.35. The minimum absolute atomic E-state index is 0.476. The van der Waals surface area contributed by atoms with Gasteiger partial charge in [0.05, 0.1) is 6.61 Å². The zero-order valence-electron chi connectivity index (χ0n) is 12.6. The van der Waals surface area contributed by atoms with Crippen LogP contribution in [0.3, 0.4) is 0 Å². The van der Waals surface area contributed by atoms with E-state index in [0.717, 1.165) is 25.3 Å². The van der Waals surface area contributed by atoms with Crippen LogP contribution in [0.4, 0.5) is 0 Å². The molecule has 0 fully saturated rings. The van der Waals surface area contributed by atoms with Crippen LogP contribution in [0.2, 0.25) is 0 Å². The molecule has 19 heavy (non-hydrogen) atoms. The first-order valence-corrected chi connectivity index (χ1v) is 7.69. The van der Waals surface area contributed by atoms with Crippen LogP contribution in [0, 0.1) is 13.8 Å². The van der Waals surface area contributed by atoms with Crippen molar-refractivity contribution < 1.29 is 4.74 Å². The first-order valence-electron chi connectivity index (χ1n) is 7.69. The highest BCUT2D eigenvalue weighted by molar-refractivity contribution is 5.46. The van der Waals surface area contributed by atoms with Crippen molar-refractivity contribution >= 4 is 0 Å². The van der Waals surface area contributed by atoms with Crippen molar-refractivity contribution in [1.82, 2.24) is 5.32 Å². The first-order chi connectivity index (χ1) is 9.22. The molecule has 1 aromatic carbocycles. The summed E-state index contributed by atoms with van der Waals surface area (Å²) in [5, 5.41) is 3.71. The number of rotatable bonds is 6. The summed E-state index contributed by atoms with van der Waals surface area (Å²) in [5.74, 6) is 1.11. The molecule has 1 aliphatic heterocycles. The smallest absolute Gasteiger partial charge is 0.126 e. The highest BCUT2D eigenvalue weighted by Gasteiger charge is 2.22. The maximum Gasteiger partial charge on any atom is 0.126 e. The molecule has 0 saturated heterocycles. The molecule has 0 bridgehead atoms. The van der Waals surface area contributed by atoms with E-state index in [1.54, 1.807) is 0 Å². The third-order valence-electron chi connectivity index (χ3n) is 3.90. The Hall–Kier alpha value is -1.02. The lowest BCUT2D eigenvalue weighted by Crippen LogP contribution is -2.28. The van der Waals surface area contributed by atoms with Crippen molar-refractivity contribution in [1.29, 1.82) is 0 Å². The van der Waals surface area contributed by atoms with E-state index >= 15 is 0 Å². The second-order valence-electron chi connectivity index (χ2n) is 5.70. The largest absolute Gasteiger partial charge is 0.493 e. The summed E-state index contributed by atoms with van der Waals surface area (Å²) >= 11 is 0. The molecule has 2 nitrogen and oxygen atoms in total. The molecule has 106 valence electrons. The fraction of sp³-hybridized carbons (Fsp3) is 0.647. The summed E-state index contributed by atoms with van der Waals surface area (Å²) in [6.07, 6.45) is 6.37. The Morgan fingerprint density at radius 1 is 1.21 bits per heavy atom. The summed E-state index contributed by atoms with van der Waals surface area (Å²) < 4.78 is 5.84. The van der Waals surface area contributed by atoms with E-state index in [1.165, 1.54) is 42.4 Å². The number of hydrogen-bond acceptors (Lipinski definition) is 2. The lowest BCUT2D eigenvalue weighted by molar-refractivity contribution is 0.250. The molecular formula is C17H27NO. The lowest BCUT2D eigenvalue weighted by Gasteiger charge is -2.28. The maximum absolute atomic E-state index is 5.84. The van der Waals surface area contributed by atoms with Crippen LogP contribution >= 0.6 is 0 Å². The van der Waals surface area contributed by atoms with Gasteiger partial charge in [-0.25, -0.2) is 0 Å². The number of nitrogens with one attached hydrogen (secondary N) is 1. The number of benzene rings is 1. The first kappa shape index (κ1) is 14.4. The number of ether oxygens (including phenoxy) is 1. The summed E-state index contributed by atoms with van der Waals surface area (Å²) in [6.45, 7) is 8.53. The Balaban J connectivity index is 1.97. The second kappa shape index (κ2) is 6.95. The highest BCUT2D eigenvalue weighted by atomic mass is 16.5. The molecule has 0 spiro atoms. The summed E-state index contributed by atoms with van der Waals surface area (Å²) in [5.41, 5.74) is 3.96. The van der Waals surface area contributed by atoms with Crippen molar-refractivity contribution in [3.8, 4) is 5.75 Å². The molecule has 0 aromatic heterocycles. The van der Waals surface area contributed by atoms with Gasteiger partial charge in [0.1, 0.15) is 5.75 Å². The SMILES string of the molecule is CCCCCCNC1CCOc2c(C)cc(C)cc21. The van der Waals surface area contributed by atoms with Crippen LogP contribution in [-0.4, -0.2) is 13.2 Å². The quantitative estimate of drug-likeness (QED) is 0.771. The Morgan fingerprint density at radius 2 is 2.05 bits per heavy atom. The fourth-order valence-corrected chi connectivity index (χ4v) is 2.92. The number of aryl methyl sites for hydroxylation is 2. The van der Waals surface area contributed by atoms with Crippen molar-refractivity contribution in [2.24, 2.45) is 0 Å². The molecule has 2 heteroatoms. The topological polar surface area (TPSA) is 21.3 Å². The van der Waals surface area contributed by atoms with Gasteiger partial charge >= 0.3 is 0 Å². The van der Waals surface area contributed by atoms with E-state index in [0.29, 0.717) is 6.04 Å². The fourth-order valence-electron chi connectivity index (χ4n) is 2.92. The van der Waals surface area contributed by atoms with E-state index in [-0.39, 0.29) is 0 Å². The Morgan fingerprint density at radius 3 is 2.84 bits per heavy atom. The molecule has 2 rings (SSSR count). The minimum atomic E-state index is 0.476. The van der Waals surface area contributed by atoms with Gasteiger partial charge in [-0.05, 0) is 32.4 Å². The number of fused-ring (bicyclic) bond motifs is 1. The molecule has 0 aliphatic carbocycles. The molecule has 0 saturated carbocycles. The van der Waals surface area contributed by atoms with Crippen molar-refractivity contribution in [3.63, 3.8) is 0 Å². The number of hydrogen-bond donors (Lipinski definition) is 1. The minimum Gasteiger partial charge on any atom is -0.493 e. The van der Waals surface area contributed by atoms with Gasteiger partial charge in [0.2, 0.25) is 0 Å². The molecule has 0 amide bonds. The van der Waals surface area contributed by atoms with Crippen LogP contribution in [0.15, 0.2) is 12.1 Å². The summed E-state index contributed by atoms with van der Waals surface area (Å²) in [7, 11) is 0. The van der Waals surface area contributed by atoms with Gasteiger partial charge in [-0.2, -0.15) is 0 Å². The zero-order chi connectivity index (χ0) is 13.7. The van der Waals surface area contributed by atoms with Crippen molar-refractivity contribution in [2.45, 2.75) is 58.9 Å². The van der Waals surface area contributed by atoms with Gasteiger partial charge < -0.3 is 10.1 Å². The summed E-state index contributed by atoms with van der Waals surface area (Å²) in [4.78, 5) is 0. The molecule has 1 unspecified atom stereocenters. The molecule has 1 heterocycles. The average Bonchev–Trinajstić information content (AvgIpc) is 2.39. The molecule has 1 aromatic rings. The molecule has 1 atom stereocenters. The third-order valence-corrected chi connectivity index (χ3v) is 3.90. The second-order valence-corrected chi connectivity index (χ2v) is 5.70. The van der Waals surface area contributed by atoms with Gasteiger partial charge in [0.15, 0.2) is 0 Å². The van der Waals surface area contributed by atoms with Crippen LogP contribution in [0.25, 0.3) is 0 Å². The van der Waals surface area contributed by atoms with Crippen LogP contribution < -0.4 is 10.1 Å². The van der Waals surface area contributed by atoms with Crippen LogP contribution in [0.5, 0.6) is 5.75 Å². The van der Waals surface area contributed by atoms with Gasteiger partial charge in [-0.3, -0.25) is 0 Å². The summed E-state index contributed by atoms with van der Waals surface area (Å²) in [6, 6.07) is 4.97. The Labute approximate surface area is 117 Å². The van der Waals surface area contributed by atoms with Gasteiger partial charge in [-0.1, -0.05) is 43.9 Å². The third kappa shape index (κ3) is 3.73. The van der Waals surface area contributed by atoms with Crippen molar-refractivity contribution in [3.05, 3.63) is 28.8 Å². The van der Waals surface area contributed by atoms with Crippen LogP contribution in [-0.2, 0) is 0 Å². The normalized spacial score (nSPS) is 17.9. The average molecular weight is 261 g/mol. The van der Waals surface area contributed by atoms with Crippen molar-refractivity contribution in [2.75, 3.05) is 13.2 Å². The number of unbranched alkanes of at least 4 members (excludes halogenated alkanes) is 3. The predicted molar refractivity (Wildman–Crippen MR) is 80.9 cm³/mol. The molecular weight excluding hydrogens is 234 g/mol. The van der Waals surface area contributed by atoms with E-state index in [1.807, 2.05) is 0 Å². The predicted octanol–water partition coefficient (Wildman–Crippen LogP) is 4.30. The lowest BCUT2D eigenvalue weighted by atomic mass is 9.95. The molecule has 1 N–H and O–H groups in total.